The molecule has 0 fully saturated rings. The van der Waals surface area contributed by atoms with E-state index in [1.165, 1.54) is 33.3 Å². The highest BCUT2D eigenvalue weighted by atomic mass is 19.4. The number of alkyl halides is 3. The number of rotatable bonds is 8. The lowest BCUT2D eigenvalue weighted by Gasteiger charge is -2.19. The van der Waals surface area contributed by atoms with E-state index in [4.69, 9.17) is 19.7 Å². The van der Waals surface area contributed by atoms with Crippen molar-refractivity contribution in [3.05, 3.63) is 69.8 Å². The lowest BCUT2D eigenvalue weighted by molar-refractivity contribution is -0.147. The molecule has 0 radical (unpaired) electrons. The predicted octanol–water partition coefficient (Wildman–Crippen LogP) is 4.19. The fourth-order valence-corrected chi connectivity index (χ4v) is 3.07. The second-order valence-electron chi connectivity index (χ2n) is 6.74. The Morgan fingerprint density at radius 2 is 1.97 bits per heavy atom. The van der Waals surface area contributed by atoms with Crippen LogP contribution in [0.25, 0.3) is 0 Å². The molecule has 0 aliphatic heterocycles. The molecular formula is C22H22F3N3O4. The van der Waals surface area contributed by atoms with Crippen LogP contribution in [0.5, 0.6) is 0 Å². The highest BCUT2D eigenvalue weighted by Crippen LogP contribution is 2.33. The van der Waals surface area contributed by atoms with Gasteiger partial charge in [0.15, 0.2) is 6.04 Å². The number of nitriles is 1. The number of methoxy groups -OCH3 is 1. The number of oxime groups is 1. The molecule has 7 nitrogen and oxygen atoms in total. The summed E-state index contributed by atoms with van der Waals surface area (Å²) in [5.41, 5.74) is 3.14. The molecule has 0 amide bonds. The van der Waals surface area contributed by atoms with Crippen LogP contribution in [-0.4, -0.2) is 25.9 Å². The SMILES string of the molecule is CONC(C(=O)OC)c1cccc(C)c1CO/N=C(\C)c1ccc(C#N)cc1C(F)(F)F. The Bertz CT molecular complexity index is 1050. The second kappa shape index (κ2) is 10.7. The molecule has 10 heteroatoms. The number of carbonyl (C=O) groups is 1. The molecule has 0 heterocycles. The molecule has 0 aliphatic carbocycles. The third-order valence-electron chi connectivity index (χ3n) is 4.68. The van der Waals surface area contributed by atoms with Crippen LogP contribution in [0.15, 0.2) is 41.6 Å². The first kappa shape index (κ1) is 24.8. The number of aryl methyl sites for hydroxylation is 1. The number of hydrogen-bond acceptors (Lipinski definition) is 7. The number of halogens is 3. The first-order valence-corrected chi connectivity index (χ1v) is 9.37. The van der Waals surface area contributed by atoms with Crippen LogP contribution < -0.4 is 5.48 Å². The average molecular weight is 449 g/mol. The molecule has 0 bridgehead atoms. The molecule has 0 spiro atoms. The van der Waals surface area contributed by atoms with Crippen LogP contribution in [0.3, 0.4) is 0 Å². The number of esters is 1. The fraction of sp³-hybridized carbons (Fsp3) is 0.318. The molecule has 0 aromatic heterocycles. The van der Waals surface area contributed by atoms with Crippen molar-refractivity contribution in [3.8, 4) is 6.07 Å². The predicted molar refractivity (Wildman–Crippen MR) is 109 cm³/mol. The van der Waals surface area contributed by atoms with Crippen LogP contribution in [0, 0.1) is 18.3 Å². The van der Waals surface area contributed by atoms with Gasteiger partial charge in [0.1, 0.15) is 6.61 Å². The van der Waals surface area contributed by atoms with Gasteiger partial charge in [0.2, 0.25) is 0 Å². The third-order valence-corrected chi connectivity index (χ3v) is 4.68. The summed E-state index contributed by atoms with van der Waals surface area (Å²) in [4.78, 5) is 22.4. The molecule has 2 aromatic carbocycles. The van der Waals surface area contributed by atoms with Crippen molar-refractivity contribution < 1.29 is 32.4 Å². The Kier molecular flexibility index (Phi) is 8.34. The summed E-state index contributed by atoms with van der Waals surface area (Å²) in [7, 11) is 2.59. The number of nitrogens with one attached hydrogen (secondary N) is 1. The second-order valence-corrected chi connectivity index (χ2v) is 6.74. The molecule has 1 N–H and O–H groups in total. The maximum absolute atomic E-state index is 13.4. The summed E-state index contributed by atoms with van der Waals surface area (Å²) < 4.78 is 45.1. The number of hydroxylamine groups is 1. The van der Waals surface area contributed by atoms with Crippen molar-refractivity contribution in [3.63, 3.8) is 0 Å². The van der Waals surface area contributed by atoms with Gasteiger partial charge in [-0.1, -0.05) is 29.4 Å². The van der Waals surface area contributed by atoms with E-state index in [0.29, 0.717) is 11.1 Å². The first-order chi connectivity index (χ1) is 15.1. The van der Waals surface area contributed by atoms with E-state index >= 15 is 0 Å². The molecule has 1 unspecified atom stereocenters. The number of carbonyl (C=O) groups excluding carboxylic acids is 1. The van der Waals surface area contributed by atoms with Gasteiger partial charge in [-0.25, -0.2) is 4.79 Å². The molecule has 32 heavy (non-hydrogen) atoms. The molecule has 0 saturated carbocycles. The van der Waals surface area contributed by atoms with E-state index in [2.05, 4.69) is 10.6 Å². The van der Waals surface area contributed by atoms with Crippen molar-refractivity contribution in [2.45, 2.75) is 32.7 Å². The van der Waals surface area contributed by atoms with Crippen LogP contribution in [-0.2, 0) is 32.0 Å². The van der Waals surface area contributed by atoms with Gasteiger partial charge in [0, 0.05) is 11.1 Å². The van der Waals surface area contributed by atoms with E-state index in [-0.39, 0.29) is 23.4 Å². The van der Waals surface area contributed by atoms with Crippen molar-refractivity contribution in [2.75, 3.05) is 14.2 Å². The number of benzene rings is 2. The Hall–Kier alpha value is -3.42. The van der Waals surface area contributed by atoms with Crippen LogP contribution in [0.1, 0.15) is 46.3 Å². The molecule has 2 aromatic rings. The van der Waals surface area contributed by atoms with Crippen molar-refractivity contribution in [1.82, 2.24) is 5.48 Å². The zero-order valence-electron chi connectivity index (χ0n) is 17.9. The number of hydrogen-bond donors (Lipinski definition) is 1. The Labute approximate surface area is 183 Å². The Balaban J connectivity index is 2.35. The molecule has 2 rings (SSSR count). The quantitative estimate of drug-likeness (QED) is 0.369. The normalized spacial score (nSPS) is 12.8. The minimum absolute atomic E-state index is 0.0171. The average Bonchev–Trinajstić information content (AvgIpc) is 2.77. The van der Waals surface area contributed by atoms with Gasteiger partial charge in [-0.3, -0.25) is 0 Å². The van der Waals surface area contributed by atoms with Crippen LogP contribution in [0.2, 0.25) is 0 Å². The fourth-order valence-electron chi connectivity index (χ4n) is 3.07. The maximum Gasteiger partial charge on any atom is 0.417 e. The van der Waals surface area contributed by atoms with Gasteiger partial charge in [0.25, 0.3) is 0 Å². The molecule has 170 valence electrons. The van der Waals surface area contributed by atoms with E-state index in [1.807, 2.05) is 0 Å². The van der Waals surface area contributed by atoms with Gasteiger partial charge in [-0.15, -0.1) is 0 Å². The maximum atomic E-state index is 13.4. The minimum Gasteiger partial charge on any atom is -0.468 e. The molecule has 1 atom stereocenters. The van der Waals surface area contributed by atoms with Crippen LogP contribution >= 0.6 is 0 Å². The summed E-state index contributed by atoms with van der Waals surface area (Å²) in [6.45, 7) is 3.05. The zero-order chi connectivity index (χ0) is 23.9. The third kappa shape index (κ3) is 5.84. The molecular weight excluding hydrogens is 427 g/mol. The van der Waals surface area contributed by atoms with E-state index in [0.717, 1.165) is 11.6 Å². The zero-order valence-corrected chi connectivity index (χ0v) is 17.9. The van der Waals surface area contributed by atoms with Crippen molar-refractivity contribution >= 4 is 11.7 Å². The highest BCUT2D eigenvalue weighted by molar-refractivity contribution is 6.00. The van der Waals surface area contributed by atoms with Gasteiger partial charge >= 0.3 is 12.1 Å². The summed E-state index contributed by atoms with van der Waals surface area (Å²) in [5.74, 6) is -0.592. The minimum atomic E-state index is -4.66. The highest BCUT2D eigenvalue weighted by Gasteiger charge is 2.34. The summed E-state index contributed by atoms with van der Waals surface area (Å²) in [6.07, 6.45) is -4.66. The van der Waals surface area contributed by atoms with Gasteiger partial charge in [0.05, 0.1) is 37.1 Å². The van der Waals surface area contributed by atoms with Gasteiger partial charge in [-0.05, 0) is 37.1 Å². The van der Waals surface area contributed by atoms with Crippen molar-refractivity contribution in [1.29, 1.82) is 5.26 Å². The van der Waals surface area contributed by atoms with Gasteiger partial charge in [-0.2, -0.15) is 23.9 Å². The van der Waals surface area contributed by atoms with E-state index in [9.17, 15) is 18.0 Å². The molecule has 0 aliphatic rings. The Morgan fingerprint density at radius 1 is 1.25 bits per heavy atom. The topological polar surface area (TPSA) is 92.9 Å². The smallest absolute Gasteiger partial charge is 0.417 e. The molecule has 0 saturated heterocycles. The van der Waals surface area contributed by atoms with E-state index < -0.39 is 23.8 Å². The summed E-state index contributed by atoms with van der Waals surface area (Å²) >= 11 is 0. The summed E-state index contributed by atoms with van der Waals surface area (Å²) in [5, 5.41) is 12.7. The lowest BCUT2D eigenvalue weighted by atomic mass is 9.97. The van der Waals surface area contributed by atoms with Crippen LogP contribution in [0.4, 0.5) is 13.2 Å². The standard InChI is InChI=1S/C22H22F3N3O4/c1-13-6-5-7-17(20(28-31-4)21(29)30-3)18(13)12-32-27-14(2)16-9-8-15(11-26)10-19(16)22(23,24)25/h5-10,20,28H,12H2,1-4H3/b27-14+. The number of nitrogens with zero attached hydrogens (tertiary/aromatic N) is 2. The first-order valence-electron chi connectivity index (χ1n) is 9.37. The van der Waals surface area contributed by atoms with E-state index in [1.54, 1.807) is 31.2 Å². The monoisotopic (exact) mass is 449 g/mol. The van der Waals surface area contributed by atoms with Crippen molar-refractivity contribution in [2.24, 2.45) is 5.16 Å². The van der Waals surface area contributed by atoms with Gasteiger partial charge < -0.3 is 14.4 Å². The summed E-state index contributed by atoms with van der Waals surface area (Å²) in [6, 6.07) is 9.19. The number of ether oxygens (including phenoxy) is 1. The lowest BCUT2D eigenvalue weighted by Crippen LogP contribution is -2.30. The Morgan fingerprint density at radius 3 is 2.56 bits per heavy atom. The largest absolute Gasteiger partial charge is 0.468 e.